The summed E-state index contributed by atoms with van der Waals surface area (Å²) in [5.74, 6) is 0. The molecule has 0 bridgehead atoms. The molecule has 2 nitrogen and oxygen atoms in total. The van der Waals surface area contributed by atoms with E-state index >= 15 is 0 Å². The molecule has 0 aromatic carbocycles. The van der Waals surface area contributed by atoms with Crippen molar-refractivity contribution >= 4 is 10.2 Å². The van der Waals surface area contributed by atoms with Crippen molar-refractivity contribution in [1.82, 2.24) is 0 Å². The van der Waals surface area contributed by atoms with Crippen molar-refractivity contribution in [2.24, 2.45) is 5.18 Å². The van der Waals surface area contributed by atoms with Crippen molar-refractivity contribution < 1.29 is 0 Å². The van der Waals surface area contributed by atoms with Crippen molar-refractivity contribution in [2.45, 2.75) is 19.4 Å². The Morgan fingerprint density at radius 1 is 1.88 bits per heavy atom. The maximum Gasteiger partial charge on any atom is 0.0703 e. The maximum absolute atomic E-state index is 9.61. The molecule has 0 spiro atoms. The van der Waals surface area contributed by atoms with E-state index in [4.69, 9.17) is 0 Å². The average Bonchev–Trinajstić information content (AvgIpc) is 1.67. The van der Waals surface area contributed by atoms with Crippen LogP contribution >= 0.6 is 0 Å². The summed E-state index contributed by atoms with van der Waals surface area (Å²) >= 11 is 0. The first-order valence-corrected chi connectivity index (χ1v) is 3.83. The number of hydrogen-bond acceptors (Lipinski definition) is 2. The molecule has 0 radical (unpaired) electrons. The zero-order valence-corrected chi connectivity index (χ0v) is 7.51. The first-order valence-electron chi connectivity index (χ1n) is 2.67. The normalized spacial score (nSPS) is 16.0. The van der Waals surface area contributed by atoms with Gasteiger partial charge in [0, 0.05) is 10.2 Å². The summed E-state index contributed by atoms with van der Waals surface area (Å²) in [5.41, 5.74) is 1.67. The number of allylic oxidation sites excluding steroid dienone is 1. The third-order valence-corrected chi connectivity index (χ3v) is 2.08. The van der Waals surface area contributed by atoms with E-state index in [1.807, 2.05) is 6.92 Å². The van der Waals surface area contributed by atoms with Gasteiger partial charge >= 0.3 is 0 Å². The minimum Gasteiger partial charge on any atom is -0.145 e. The lowest BCUT2D eigenvalue weighted by Crippen LogP contribution is -1.84. The van der Waals surface area contributed by atoms with Gasteiger partial charge in [-0.05, 0) is 17.6 Å². The minimum atomic E-state index is 0.577. The van der Waals surface area contributed by atoms with E-state index in [0.29, 0.717) is 5.54 Å². The Morgan fingerprint density at radius 2 is 2.38 bits per heavy atom. The van der Waals surface area contributed by atoms with Crippen molar-refractivity contribution in [1.29, 1.82) is 0 Å². The summed E-state index contributed by atoms with van der Waals surface area (Å²) in [7, 11) is 1.10. The molecule has 0 saturated carbocycles. The van der Waals surface area contributed by atoms with Crippen LogP contribution in [-0.4, -0.2) is 10.2 Å². The Bertz CT molecular complexity index is 109. The van der Waals surface area contributed by atoms with Crippen LogP contribution in [0, 0.1) is 4.91 Å². The summed E-state index contributed by atoms with van der Waals surface area (Å²) in [5, 5.41) is 2.67. The Balaban J connectivity index is 3.78. The fraction of sp³-hybridized carbons (Fsp3) is 0.600. The molecule has 0 aromatic heterocycles. The van der Waals surface area contributed by atoms with E-state index in [9.17, 15) is 4.91 Å². The van der Waals surface area contributed by atoms with Crippen LogP contribution < -0.4 is 0 Å². The lowest BCUT2D eigenvalue weighted by molar-refractivity contribution is 1.08. The van der Waals surface area contributed by atoms with Gasteiger partial charge in [0.15, 0.2) is 0 Å². The zero-order chi connectivity index (χ0) is 6.57. The molecule has 0 amide bonds. The van der Waals surface area contributed by atoms with Crippen molar-refractivity contribution in [3.05, 3.63) is 16.7 Å². The lowest BCUT2D eigenvalue weighted by atomic mass is 10.2. The smallest absolute Gasteiger partial charge is 0.0703 e. The van der Waals surface area contributed by atoms with Gasteiger partial charge < -0.3 is 0 Å². The van der Waals surface area contributed by atoms with Gasteiger partial charge in [0.05, 0.1) is 6.20 Å². The van der Waals surface area contributed by atoms with Gasteiger partial charge in [-0.25, -0.2) is 0 Å². The van der Waals surface area contributed by atoms with Crippen LogP contribution in [0.15, 0.2) is 16.9 Å². The Hall–Kier alpha value is -0.443. The van der Waals surface area contributed by atoms with E-state index in [2.05, 4.69) is 12.1 Å². The minimum absolute atomic E-state index is 0.577. The molecule has 0 fully saturated rings. The molecule has 1 atom stereocenters. The number of nitrogens with zero attached hydrogens (tertiary/aromatic N) is 1. The topological polar surface area (TPSA) is 29.4 Å². The van der Waals surface area contributed by atoms with Crippen LogP contribution in [0.2, 0.25) is 5.54 Å². The standard InChI is InChI=1S/C5H11NOSi/c1-4(3-6-7)5(2)8/h3,5H,1-2,8H3. The molecule has 0 saturated heterocycles. The molecule has 0 aromatic rings. The third-order valence-electron chi connectivity index (χ3n) is 1.17. The van der Waals surface area contributed by atoms with Crippen molar-refractivity contribution in [2.75, 3.05) is 0 Å². The molecule has 0 rings (SSSR count). The number of nitroso groups, excluding NO2 is 1. The van der Waals surface area contributed by atoms with Crippen LogP contribution in [0.3, 0.4) is 0 Å². The van der Waals surface area contributed by atoms with Gasteiger partial charge in [-0.1, -0.05) is 12.5 Å². The second kappa shape index (κ2) is 3.55. The fourth-order valence-electron chi connectivity index (χ4n) is 0.232. The SMILES string of the molecule is CC(=CN=O)C(C)[SiH3]. The molecule has 1 unspecified atom stereocenters. The lowest BCUT2D eigenvalue weighted by Gasteiger charge is -1.98. The molecule has 0 heterocycles. The predicted molar refractivity (Wildman–Crippen MR) is 38.9 cm³/mol. The highest BCUT2D eigenvalue weighted by Gasteiger charge is 1.93. The molecule has 0 aliphatic heterocycles. The fourth-order valence-corrected chi connectivity index (χ4v) is 0.381. The molecular weight excluding hydrogens is 118 g/mol. The molecule has 0 aliphatic carbocycles. The number of hydrogen-bond donors (Lipinski definition) is 0. The molecular formula is C5H11NOSi. The van der Waals surface area contributed by atoms with Gasteiger partial charge in [-0.15, -0.1) is 4.91 Å². The summed E-state index contributed by atoms with van der Waals surface area (Å²) in [4.78, 5) is 9.61. The third kappa shape index (κ3) is 2.68. The van der Waals surface area contributed by atoms with Crippen molar-refractivity contribution in [3.63, 3.8) is 0 Å². The largest absolute Gasteiger partial charge is 0.145 e. The average molecular weight is 129 g/mol. The second-order valence-electron chi connectivity index (χ2n) is 2.13. The first-order chi connectivity index (χ1) is 3.68. The van der Waals surface area contributed by atoms with Crippen LogP contribution in [0.4, 0.5) is 0 Å². The summed E-state index contributed by atoms with van der Waals surface area (Å²) in [6.07, 6.45) is 1.39. The van der Waals surface area contributed by atoms with E-state index in [1.165, 1.54) is 6.20 Å². The Labute approximate surface area is 52.4 Å². The van der Waals surface area contributed by atoms with Crippen LogP contribution in [-0.2, 0) is 0 Å². The van der Waals surface area contributed by atoms with Gasteiger partial charge in [0.25, 0.3) is 0 Å². The molecule has 3 heteroatoms. The van der Waals surface area contributed by atoms with E-state index in [-0.39, 0.29) is 0 Å². The summed E-state index contributed by atoms with van der Waals surface area (Å²) < 4.78 is 0. The van der Waals surface area contributed by atoms with Crippen LogP contribution in [0.5, 0.6) is 0 Å². The predicted octanol–water partition coefficient (Wildman–Crippen LogP) is 0.830. The van der Waals surface area contributed by atoms with Gasteiger partial charge in [0.2, 0.25) is 0 Å². The first kappa shape index (κ1) is 7.56. The summed E-state index contributed by atoms with van der Waals surface area (Å²) in [6.45, 7) is 4.02. The maximum atomic E-state index is 9.61. The quantitative estimate of drug-likeness (QED) is 0.401. The Morgan fingerprint density at radius 3 is 2.50 bits per heavy atom. The van der Waals surface area contributed by atoms with Gasteiger partial charge in [0.1, 0.15) is 0 Å². The molecule has 0 N–H and O–H groups in total. The zero-order valence-electron chi connectivity index (χ0n) is 5.51. The second-order valence-corrected chi connectivity index (χ2v) is 3.87. The van der Waals surface area contributed by atoms with Crippen LogP contribution in [0.1, 0.15) is 13.8 Å². The molecule has 0 aliphatic rings. The van der Waals surface area contributed by atoms with Gasteiger partial charge in [-0.2, -0.15) is 0 Å². The van der Waals surface area contributed by atoms with E-state index in [0.717, 1.165) is 15.8 Å². The van der Waals surface area contributed by atoms with E-state index in [1.54, 1.807) is 0 Å². The van der Waals surface area contributed by atoms with E-state index < -0.39 is 0 Å². The highest BCUT2D eigenvalue weighted by atomic mass is 28.1. The van der Waals surface area contributed by atoms with Gasteiger partial charge in [-0.3, -0.25) is 0 Å². The summed E-state index contributed by atoms with van der Waals surface area (Å²) in [6, 6.07) is 0. The number of rotatable bonds is 2. The molecule has 8 heavy (non-hydrogen) atoms. The van der Waals surface area contributed by atoms with Crippen LogP contribution in [0.25, 0.3) is 0 Å². The monoisotopic (exact) mass is 129 g/mol. The highest BCUT2D eigenvalue weighted by molar-refractivity contribution is 6.13. The highest BCUT2D eigenvalue weighted by Crippen LogP contribution is 2.09. The molecule has 46 valence electrons. The Kier molecular flexibility index (Phi) is 3.35. The van der Waals surface area contributed by atoms with Crippen molar-refractivity contribution in [3.8, 4) is 0 Å².